The van der Waals surface area contributed by atoms with Crippen LogP contribution in [0.5, 0.6) is 0 Å². The molecule has 1 aromatic carbocycles. The molecule has 3 aliphatic rings. The molecule has 2 N–H and O–H groups in total. The summed E-state index contributed by atoms with van der Waals surface area (Å²) in [4.78, 5) is 53.7. The molecule has 0 aromatic heterocycles. The third-order valence-corrected chi connectivity index (χ3v) is 11.7. The molecule has 1 aliphatic heterocycles. The maximum absolute atomic E-state index is 14.8. The van der Waals surface area contributed by atoms with Crippen molar-refractivity contribution in [2.75, 3.05) is 12.9 Å². The van der Waals surface area contributed by atoms with Crippen LogP contribution in [0.3, 0.4) is 0 Å². The molecule has 1 unspecified atom stereocenters. The lowest BCUT2D eigenvalue weighted by atomic mass is 9.46. The number of hydrogen-bond donors (Lipinski definition) is 2. The Morgan fingerprint density at radius 3 is 2.22 bits per heavy atom. The number of rotatable bonds is 9. The van der Waals surface area contributed by atoms with Crippen molar-refractivity contribution < 1.29 is 48.3 Å². The van der Waals surface area contributed by atoms with Crippen molar-refractivity contribution >= 4 is 51.9 Å². The molecule has 0 bridgehead atoms. The van der Waals surface area contributed by atoms with E-state index in [4.69, 9.17) is 31.2 Å². The largest absolute Gasteiger partial charge is 0.455 e. The van der Waals surface area contributed by atoms with Gasteiger partial charge in [-0.25, -0.2) is 4.79 Å². The molecule has 0 spiro atoms. The summed E-state index contributed by atoms with van der Waals surface area (Å²) in [5.74, 6) is -4.67. The first kappa shape index (κ1) is 36.2. The summed E-state index contributed by atoms with van der Waals surface area (Å²) in [6.07, 6.45) is -1.27. The maximum Gasteiger partial charge on any atom is 0.338 e. The first-order valence-corrected chi connectivity index (χ1v) is 17.0. The van der Waals surface area contributed by atoms with E-state index in [0.29, 0.717) is 9.77 Å². The second-order valence-corrected chi connectivity index (χ2v) is 15.0. The zero-order chi connectivity index (χ0) is 34.4. The van der Waals surface area contributed by atoms with Crippen molar-refractivity contribution in [1.29, 1.82) is 0 Å². The van der Waals surface area contributed by atoms with Crippen LogP contribution in [-0.2, 0) is 33.3 Å². The Morgan fingerprint density at radius 1 is 1.07 bits per heavy atom. The summed E-state index contributed by atoms with van der Waals surface area (Å²) < 4.78 is 24.4. The number of carbonyl (C=O) groups is 4. The minimum atomic E-state index is -2.01. The van der Waals surface area contributed by atoms with Crippen LogP contribution in [0.4, 0.5) is 0 Å². The number of esters is 3. The van der Waals surface area contributed by atoms with Crippen molar-refractivity contribution in [1.82, 2.24) is 0 Å². The highest BCUT2D eigenvalue weighted by Crippen LogP contribution is 2.63. The van der Waals surface area contributed by atoms with E-state index >= 15 is 0 Å². The van der Waals surface area contributed by atoms with E-state index < -0.39 is 82.0 Å². The first-order chi connectivity index (χ1) is 21.4. The monoisotopic (exact) mass is 676 g/mol. The molecule has 2 aliphatic carbocycles. The van der Waals surface area contributed by atoms with Crippen LogP contribution in [-0.4, -0.2) is 86.6 Å². The SMILES string of the molecule is CSC(=S)[C@H]1C[C@H]2OC[C@@]2(OC(C)=O)[C@@H]([C@H](OC(=O)c2ccccc2)[C@]2(O)CC(O)C(C)=CC2(C)C)[C@]1(C)C(=O)[C@@H](C)OC(C)=O. The van der Waals surface area contributed by atoms with Gasteiger partial charge in [-0.2, -0.15) is 0 Å². The highest BCUT2D eigenvalue weighted by molar-refractivity contribution is 8.22. The van der Waals surface area contributed by atoms with Gasteiger partial charge < -0.3 is 29.2 Å². The van der Waals surface area contributed by atoms with Gasteiger partial charge in [-0.3, -0.25) is 14.4 Å². The molecule has 46 heavy (non-hydrogen) atoms. The van der Waals surface area contributed by atoms with Crippen LogP contribution in [0.25, 0.3) is 0 Å². The van der Waals surface area contributed by atoms with Crippen molar-refractivity contribution in [2.24, 2.45) is 22.7 Å². The minimum Gasteiger partial charge on any atom is -0.455 e. The third kappa shape index (κ3) is 6.07. The average Bonchev–Trinajstić information content (AvgIpc) is 2.97. The van der Waals surface area contributed by atoms with Crippen molar-refractivity contribution in [3.63, 3.8) is 0 Å². The first-order valence-electron chi connectivity index (χ1n) is 15.3. The van der Waals surface area contributed by atoms with E-state index in [0.717, 1.165) is 0 Å². The molecule has 0 amide bonds. The highest BCUT2D eigenvalue weighted by Gasteiger charge is 2.76. The normalized spacial score (nSPS) is 34.4. The van der Waals surface area contributed by atoms with Crippen LogP contribution < -0.4 is 0 Å². The lowest BCUT2D eigenvalue weighted by Crippen LogP contribution is -2.79. The molecule has 0 radical (unpaired) electrons. The molecular weight excluding hydrogens is 632 g/mol. The molecule has 1 heterocycles. The number of Topliss-reactive ketones (excluding diaryl/α,β-unsaturated/α-hetero) is 1. The fourth-order valence-corrected chi connectivity index (χ4v) is 8.81. The predicted octanol–water partition coefficient (Wildman–Crippen LogP) is 4.23. The van der Waals surface area contributed by atoms with Crippen molar-refractivity contribution in [3.8, 4) is 0 Å². The number of hydrogen-bond acceptors (Lipinski definition) is 12. The van der Waals surface area contributed by atoms with Crippen molar-refractivity contribution in [2.45, 2.75) is 96.9 Å². The van der Waals surface area contributed by atoms with E-state index in [1.54, 1.807) is 70.4 Å². The molecular formula is C34H44O10S2. The number of aliphatic hydroxyl groups excluding tert-OH is 1. The maximum atomic E-state index is 14.8. The molecule has 12 heteroatoms. The summed E-state index contributed by atoms with van der Waals surface area (Å²) in [6, 6.07) is 8.19. The molecule has 9 atom stereocenters. The van der Waals surface area contributed by atoms with Crippen LogP contribution >= 0.6 is 24.0 Å². The van der Waals surface area contributed by atoms with Gasteiger partial charge in [0.25, 0.3) is 0 Å². The van der Waals surface area contributed by atoms with Gasteiger partial charge in [-0.1, -0.05) is 57.3 Å². The van der Waals surface area contributed by atoms with E-state index in [9.17, 15) is 29.4 Å². The van der Waals surface area contributed by atoms with Crippen LogP contribution in [0.2, 0.25) is 0 Å². The lowest BCUT2D eigenvalue weighted by Gasteiger charge is -2.66. The summed E-state index contributed by atoms with van der Waals surface area (Å²) in [6.45, 7) is 10.6. The zero-order valence-corrected chi connectivity index (χ0v) is 29.2. The van der Waals surface area contributed by atoms with Gasteiger partial charge in [0.05, 0.1) is 28.4 Å². The number of fused-ring (bicyclic) bond motifs is 1. The van der Waals surface area contributed by atoms with Gasteiger partial charge in [0.15, 0.2) is 17.5 Å². The van der Waals surface area contributed by atoms with E-state index in [-0.39, 0.29) is 25.0 Å². The van der Waals surface area contributed by atoms with E-state index in [1.807, 2.05) is 0 Å². The average molecular weight is 677 g/mol. The topological polar surface area (TPSA) is 146 Å². The quantitative estimate of drug-likeness (QED) is 0.167. The minimum absolute atomic E-state index is 0.154. The summed E-state index contributed by atoms with van der Waals surface area (Å²) in [5, 5.41) is 24.1. The van der Waals surface area contributed by atoms with Crippen LogP contribution in [0, 0.1) is 22.7 Å². The van der Waals surface area contributed by atoms with E-state index in [2.05, 4.69) is 0 Å². The second-order valence-electron chi connectivity index (χ2n) is 13.5. The number of ether oxygens (including phenoxy) is 4. The number of thioether (sulfide) groups is 1. The van der Waals surface area contributed by atoms with Crippen LogP contribution in [0.1, 0.15) is 71.7 Å². The molecule has 10 nitrogen and oxygen atoms in total. The molecule has 1 aromatic rings. The van der Waals surface area contributed by atoms with Crippen LogP contribution in [0.15, 0.2) is 42.0 Å². The summed E-state index contributed by atoms with van der Waals surface area (Å²) in [7, 11) is 0. The number of carbonyl (C=O) groups excluding carboxylic acids is 4. The van der Waals surface area contributed by atoms with E-state index in [1.165, 1.54) is 32.5 Å². The third-order valence-electron chi connectivity index (χ3n) is 10.2. The molecule has 4 rings (SSSR count). The standard InChI is InChI=1S/C34H44O10S2/c1-18-15-31(5,6)34(40,16-24(18)37)28(43-29(39)22-12-10-9-11-13-22)26-32(7,27(38)19(2)42-20(3)35)23(30(45)46-8)14-25-33(26,17-41-25)44-21(4)36/h9-13,15,19,23-26,28,37,40H,14,16-17H2,1-8H3/t19-,23-,24?,25-,26+,28+,32-,33+,34-/m1/s1. The summed E-state index contributed by atoms with van der Waals surface area (Å²) >= 11 is 7.11. The Hall–Kier alpha value is -2.64. The Labute approximate surface area is 279 Å². The molecule has 1 saturated carbocycles. The Bertz CT molecular complexity index is 1430. The second kappa shape index (κ2) is 13.1. The van der Waals surface area contributed by atoms with Gasteiger partial charge in [0.1, 0.15) is 17.8 Å². The van der Waals surface area contributed by atoms with Gasteiger partial charge in [-0.15, -0.1) is 11.8 Å². The molecule has 1 saturated heterocycles. The van der Waals surface area contributed by atoms with Gasteiger partial charge in [-0.05, 0) is 44.2 Å². The van der Waals surface area contributed by atoms with Gasteiger partial charge in [0, 0.05) is 37.0 Å². The smallest absolute Gasteiger partial charge is 0.338 e. The lowest BCUT2D eigenvalue weighted by molar-refractivity contribution is -0.334. The van der Waals surface area contributed by atoms with Crippen molar-refractivity contribution in [3.05, 3.63) is 47.5 Å². The van der Waals surface area contributed by atoms with Gasteiger partial charge >= 0.3 is 17.9 Å². The highest BCUT2D eigenvalue weighted by atomic mass is 32.2. The zero-order valence-electron chi connectivity index (χ0n) is 27.5. The fraction of sp³-hybridized carbons (Fsp3) is 0.618. The number of ketones is 1. The number of thiocarbonyl (C=S) groups is 1. The predicted molar refractivity (Wildman–Crippen MR) is 175 cm³/mol. The molecule has 252 valence electrons. The summed E-state index contributed by atoms with van der Waals surface area (Å²) in [5.41, 5.74) is -5.52. The molecule has 2 fully saturated rings. The number of benzene rings is 1. The Morgan fingerprint density at radius 2 is 1.70 bits per heavy atom. The number of aliphatic hydroxyl groups is 2. The Kier molecular flexibility index (Phi) is 10.3. The fourth-order valence-electron chi connectivity index (χ4n) is 7.84. The Balaban J connectivity index is 2.08. The van der Waals surface area contributed by atoms with Gasteiger partial charge in [0.2, 0.25) is 0 Å².